The first-order chi connectivity index (χ1) is 16.2. The van der Waals surface area contributed by atoms with Crippen molar-refractivity contribution in [2.75, 3.05) is 20.1 Å². The van der Waals surface area contributed by atoms with Gasteiger partial charge in [0.05, 0.1) is 6.10 Å². The van der Waals surface area contributed by atoms with Crippen molar-refractivity contribution in [3.05, 3.63) is 46.2 Å². The summed E-state index contributed by atoms with van der Waals surface area (Å²) >= 11 is 0. The number of H-pyrrole nitrogens is 1. The fourth-order valence-corrected chi connectivity index (χ4v) is 5.78. The highest BCUT2D eigenvalue weighted by Gasteiger charge is 2.44. The number of pyridine rings is 1. The van der Waals surface area contributed by atoms with E-state index in [0.717, 1.165) is 36.6 Å². The highest BCUT2D eigenvalue weighted by atomic mass is 16.3. The van der Waals surface area contributed by atoms with Crippen LogP contribution in [0.2, 0.25) is 0 Å². The van der Waals surface area contributed by atoms with Crippen LogP contribution in [0, 0.1) is 0 Å². The lowest BCUT2D eigenvalue weighted by Crippen LogP contribution is -2.56. The summed E-state index contributed by atoms with van der Waals surface area (Å²) in [5, 5.41) is 11.4. The Hall–Kier alpha value is -2.71. The molecule has 0 radical (unpaired) electrons. The van der Waals surface area contributed by atoms with Crippen LogP contribution in [0.1, 0.15) is 56.8 Å². The summed E-state index contributed by atoms with van der Waals surface area (Å²) in [4.78, 5) is 46.6. The van der Waals surface area contributed by atoms with Crippen LogP contribution in [0.5, 0.6) is 0 Å². The molecular formula is C26H36N4O4. The normalized spacial score (nSPS) is 23.3. The predicted molar refractivity (Wildman–Crippen MR) is 132 cm³/mol. The molecule has 34 heavy (non-hydrogen) atoms. The summed E-state index contributed by atoms with van der Waals surface area (Å²) in [5.41, 5.74) is 0.554. The number of aliphatic hydroxyl groups excluding tert-OH is 1. The molecule has 2 aromatic rings. The lowest BCUT2D eigenvalue weighted by molar-refractivity contribution is -0.129. The Morgan fingerprint density at radius 1 is 1.18 bits per heavy atom. The van der Waals surface area contributed by atoms with Gasteiger partial charge in [0.1, 0.15) is 5.56 Å². The molecule has 2 fully saturated rings. The maximum Gasteiger partial charge on any atom is 0.261 e. The number of likely N-dealkylation sites (N-methyl/N-ethyl adjacent to an activating group) is 1. The number of aromatic nitrogens is 1. The van der Waals surface area contributed by atoms with Gasteiger partial charge >= 0.3 is 0 Å². The average molecular weight is 469 g/mol. The molecule has 8 heteroatoms. The third-order valence-corrected chi connectivity index (χ3v) is 7.47. The fourth-order valence-electron chi connectivity index (χ4n) is 5.78. The van der Waals surface area contributed by atoms with Crippen LogP contribution in [0.4, 0.5) is 0 Å². The van der Waals surface area contributed by atoms with Gasteiger partial charge in [-0.25, -0.2) is 0 Å². The van der Waals surface area contributed by atoms with Gasteiger partial charge in [0.15, 0.2) is 0 Å². The molecule has 2 N–H and O–H groups in total. The molecule has 2 amide bonds. The number of carbonyl (C=O) groups is 2. The highest BCUT2D eigenvalue weighted by Crippen LogP contribution is 2.38. The van der Waals surface area contributed by atoms with Gasteiger partial charge in [-0.15, -0.1) is 0 Å². The molecule has 2 aliphatic rings. The summed E-state index contributed by atoms with van der Waals surface area (Å²) in [5.74, 6) is -0.279. The molecule has 0 saturated carbocycles. The van der Waals surface area contributed by atoms with E-state index in [9.17, 15) is 19.5 Å². The Morgan fingerprint density at radius 2 is 1.82 bits per heavy atom. The molecular weight excluding hydrogens is 432 g/mol. The number of fused-ring (bicyclic) bond motifs is 3. The molecule has 184 valence electrons. The molecule has 4 rings (SSSR count). The molecule has 8 nitrogen and oxygen atoms in total. The molecule has 0 aliphatic carbocycles. The summed E-state index contributed by atoms with van der Waals surface area (Å²) in [7, 11) is 1.70. The number of hydrogen-bond donors (Lipinski definition) is 2. The Balaban J connectivity index is 1.50. The maximum atomic E-state index is 13.6. The van der Waals surface area contributed by atoms with E-state index >= 15 is 0 Å². The number of para-hydroxylation sites is 1. The quantitative estimate of drug-likeness (QED) is 0.650. The molecule has 0 spiro atoms. The van der Waals surface area contributed by atoms with E-state index in [1.165, 1.54) is 6.92 Å². The number of aliphatic hydroxyl groups is 1. The minimum absolute atomic E-state index is 0.0378. The first-order valence-corrected chi connectivity index (χ1v) is 12.3. The molecule has 3 unspecified atom stereocenters. The number of benzene rings is 1. The van der Waals surface area contributed by atoms with E-state index in [4.69, 9.17) is 0 Å². The standard InChI is InChI=1S/C26H36N4O4/c1-16(2)30(26(34)23-11-18-7-5-6-8-24(18)27-25(23)33)21-12-19-9-10-20(13-21)29(19)15-22(32)14-28(4)17(3)31/h5-8,11,16,19-22,32H,9-10,12-15H2,1-4H3,(H,27,33). The number of amides is 2. The predicted octanol–water partition coefficient (Wildman–Crippen LogP) is 2.21. The van der Waals surface area contributed by atoms with Crippen molar-refractivity contribution in [2.45, 2.75) is 76.7 Å². The lowest BCUT2D eigenvalue weighted by Gasteiger charge is -2.45. The monoisotopic (exact) mass is 468 g/mol. The number of nitrogens with one attached hydrogen (secondary N) is 1. The van der Waals surface area contributed by atoms with Crippen molar-refractivity contribution in [3.8, 4) is 0 Å². The number of hydrogen-bond acceptors (Lipinski definition) is 5. The van der Waals surface area contributed by atoms with Crippen molar-refractivity contribution in [2.24, 2.45) is 0 Å². The average Bonchev–Trinajstić information content (AvgIpc) is 3.00. The van der Waals surface area contributed by atoms with Gasteiger partial charge in [0, 0.05) is 56.7 Å². The van der Waals surface area contributed by atoms with E-state index in [1.54, 1.807) is 18.0 Å². The van der Waals surface area contributed by atoms with Gasteiger partial charge in [-0.3, -0.25) is 19.3 Å². The van der Waals surface area contributed by atoms with Gasteiger partial charge in [0.25, 0.3) is 11.5 Å². The van der Waals surface area contributed by atoms with Crippen LogP contribution in [0.15, 0.2) is 35.1 Å². The first-order valence-electron chi connectivity index (χ1n) is 12.3. The number of nitrogens with zero attached hydrogens (tertiary/aromatic N) is 3. The fraction of sp³-hybridized carbons (Fsp3) is 0.577. The number of aromatic amines is 1. The molecule has 1 aromatic heterocycles. The Morgan fingerprint density at radius 3 is 2.44 bits per heavy atom. The third-order valence-electron chi connectivity index (χ3n) is 7.47. The second-order valence-electron chi connectivity index (χ2n) is 10.2. The van der Waals surface area contributed by atoms with Crippen LogP contribution >= 0.6 is 0 Å². The second kappa shape index (κ2) is 9.88. The lowest BCUT2D eigenvalue weighted by atomic mass is 9.93. The van der Waals surface area contributed by atoms with Crippen LogP contribution in [-0.4, -0.2) is 87.0 Å². The van der Waals surface area contributed by atoms with E-state index in [1.807, 2.05) is 43.0 Å². The first kappa shape index (κ1) is 24.4. The zero-order valence-corrected chi connectivity index (χ0v) is 20.5. The molecule has 1 aromatic carbocycles. The molecule has 3 heterocycles. The van der Waals surface area contributed by atoms with Crippen LogP contribution in [0.25, 0.3) is 10.9 Å². The maximum absolute atomic E-state index is 13.6. The molecule has 2 aliphatic heterocycles. The van der Waals surface area contributed by atoms with Gasteiger partial charge < -0.3 is 19.9 Å². The van der Waals surface area contributed by atoms with Crippen LogP contribution < -0.4 is 5.56 Å². The van der Waals surface area contributed by atoms with Crippen LogP contribution in [0.3, 0.4) is 0 Å². The minimum atomic E-state index is -0.604. The topological polar surface area (TPSA) is 96.9 Å². The summed E-state index contributed by atoms with van der Waals surface area (Å²) < 4.78 is 0. The smallest absolute Gasteiger partial charge is 0.261 e. The van der Waals surface area contributed by atoms with Gasteiger partial charge in [-0.1, -0.05) is 18.2 Å². The number of rotatable bonds is 7. The number of piperidine rings is 1. The Kier molecular flexibility index (Phi) is 7.09. The molecule has 2 saturated heterocycles. The van der Waals surface area contributed by atoms with Gasteiger partial charge in [-0.05, 0) is 57.0 Å². The minimum Gasteiger partial charge on any atom is -0.390 e. The molecule has 3 atom stereocenters. The summed E-state index contributed by atoms with van der Waals surface area (Å²) in [6.07, 6.45) is 3.11. The van der Waals surface area contributed by atoms with E-state index in [0.29, 0.717) is 13.1 Å². The summed E-state index contributed by atoms with van der Waals surface area (Å²) in [6, 6.07) is 9.76. The SMILES string of the molecule is CC(=O)N(C)CC(O)CN1C2CCC1CC(N(C(=O)c1cc3ccccc3[nH]c1=O)C(C)C)C2. The second-order valence-corrected chi connectivity index (χ2v) is 10.2. The Labute approximate surface area is 200 Å². The zero-order chi connectivity index (χ0) is 24.6. The van der Waals surface area contributed by atoms with E-state index in [2.05, 4.69) is 9.88 Å². The van der Waals surface area contributed by atoms with E-state index in [-0.39, 0.29) is 47.1 Å². The number of carbonyl (C=O) groups excluding carboxylic acids is 2. The third kappa shape index (κ3) is 4.88. The van der Waals surface area contributed by atoms with Crippen molar-refractivity contribution in [3.63, 3.8) is 0 Å². The Bertz CT molecular complexity index is 1100. The van der Waals surface area contributed by atoms with Crippen molar-refractivity contribution in [1.29, 1.82) is 0 Å². The molecule has 2 bridgehead atoms. The van der Waals surface area contributed by atoms with Crippen molar-refractivity contribution >= 4 is 22.7 Å². The van der Waals surface area contributed by atoms with Gasteiger partial charge in [-0.2, -0.15) is 0 Å². The summed E-state index contributed by atoms with van der Waals surface area (Å²) in [6.45, 7) is 6.35. The van der Waals surface area contributed by atoms with Crippen molar-refractivity contribution < 1.29 is 14.7 Å². The largest absolute Gasteiger partial charge is 0.390 e. The van der Waals surface area contributed by atoms with E-state index < -0.39 is 6.10 Å². The zero-order valence-electron chi connectivity index (χ0n) is 20.5. The van der Waals surface area contributed by atoms with Crippen molar-refractivity contribution in [1.82, 2.24) is 19.7 Å². The van der Waals surface area contributed by atoms with Crippen LogP contribution in [-0.2, 0) is 4.79 Å². The van der Waals surface area contributed by atoms with Gasteiger partial charge in [0.2, 0.25) is 5.91 Å². The highest BCUT2D eigenvalue weighted by molar-refractivity contribution is 5.97.